The lowest BCUT2D eigenvalue weighted by molar-refractivity contribution is -0.125. The van der Waals surface area contributed by atoms with Gasteiger partial charge in [-0.25, -0.2) is 4.79 Å². The summed E-state index contributed by atoms with van der Waals surface area (Å²) in [6.07, 6.45) is 0. The zero-order valence-electron chi connectivity index (χ0n) is 11.5. The minimum absolute atomic E-state index is 0.221. The Morgan fingerprint density at radius 1 is 1.00 bits per heavy atom. The van der Waals surface area contributed by atoms with Crippen molar-refractivity contribution < 1.29 is 14.4 Å². The van der Waals surface area contributed by atoms with E-state index < -0.39 is 24.0 Å². The van der Waals surface area contributed by atoms with Crippen molar-refractivity contribution in [2.75, 3.05) is 0 Å². The summed E-state index contributed by atoms with van der Waals surface area (Å²) in [5.41, 5.74) is 4.49. The molecule has 2 atom stereocenters. The summed E-state index contributed by atoms with van der Waals surface area (Å²) >= 11 is 0. The van der Waals surface area contributed by atoms with Crippen LogP contribution in [0.4, 0.5) is 4.79 Å². The predicted octanol–water partition coefficient (Wildman–Crippen LogP) is -0.537. The van der Waals surface area contributed by atoms with Crippen LogP contribution in [0.3, 0.4) is 0 Å². The summed E-state index contributed by atoms with van der Waals surface area (Å²) in [7, 11) is 0. The van der Waals surface area contributed by atoms with Crippen molar-refractivity contribution in [3.8, 4) is 0 Å². The second kappa shape index (κ2) is 6.34. The van der Waals surface area contributed by atoms with E-state index in [1.165, 1.54) is 0 Å². The van der Waals surface area contributed by atoms with Gasteiger partial charge in [0.2, 0.25) is 11.8 Å². The van der Waals surface area contributed by atoms with Gasteiger partial charge < -0.3 is 11.1 Å². The first-order chi connectivity index (χ1) is 8.03. The number of hydrogen-bond acceptors (Lipinski definition) is 4. The molecule has 7 heteroatoms. The first-order valence-corrected chi connectivity index (χ1v) is 5.71. The van der Waals surface area contributed by atoms with Crippen molar-refractivity contribution in [2.24, 2.45) is 5.73 Å². The number of rotatable bonds is 4. The summed E-state index contributed by atoms with van der Waals surface area (Å²) in [5, 5.41) is 7.50. The molecule has 0 spiro atoms. The molecule has 0 aliphatic heterocycles. The van der Waals surface area contributed by atoms with Gasteiger partial charge in [-0.2, -0.15) is 0 Å². The number of nitrogens with one attached hydrogen (secondary N) is 3. The highest BCUT2D eigenvalue weighted by Gasteiger charge is 2.23. The van der Waals surface area contributed by atoms with Gasteiger partial charge in [-0.3, -0.25) is 20.2 Å². The van der Waals surface area contributed by atoms with Crippen molar-refractivity contribution in [3.63, 3.8) is 0 Å². The van der Waals surface area contributed by atoms with Crippen LogP contribution in [-0.2, 0) is 9.59 Å². The number of primary amides is 1. The molecule has 0 radical (unpaired) electrons. The van der Waals surface area contributed by atoms with Crippen LogP contribution in [0.5, 0.6) is 0 Å². The first-order valence-electron chi connectivity index (χ1n) is 5.71. The maximum absolute atomic E-state index is 11.7. The van der Waals surface area contributed by atoms with Gasteiger partial charge >= 0.3 is 6.03 Å². The van der Waals surface area contributed by atoms with Gasteiger partial charge in [0.15, 0.2) is 0 Å². The number of carbonyl (C=O) groups is 3. The molecule has 0 saturated carbocycles. The van der Waals surface area contributed by atoms with Gasteiger partial charge in [0, 0.05) is 5.54 Å². The van der Waals surface area contributed by atoms with Crippen LogP contribution in [-0.4, -0.2) is 35.5 Å². The highest BCUT2D eigenvalue weighted by molar-refractivity contribution is 5.96. The minimum Gasteiger partial charge on any atom is -0.351 e. The Hall–Kier alpha value is -1.63. The summed E-state index contributed by atoms with van der Waals surface area (Å²) in [6, 6.07) is -2.17. The molecule has 0 aromatic heterocycles. The number of carbonyl (C=O) groups excluding carboxylic acids is 3. The molecule has 5 N–H and O–H groups in total. The summed E-state index contributed by atoms with van der Waals surface area (Å²) in [5.74, 6) is -0.792. The Morgan fingerprint density at radius 3 is 1.83 bits per heavy atom. The molecule has 0 aliphatic carbocycles. The van der Waals surface area contributed by atoms with Crippen LogP contribution in [0.1, 0.15) is 34.6 Å². The molecule has 0 bridgehead atoms. The van der Waals surface area contributed by atoms with E-state index in [0.717, 1.165) is 0 Å². The third-order valence-corrected chi connectivity index (χ3v) is 2.03. The molecule has 2 unspecified atom stereocenters. The van der Waals surface area contributed by atoms with E-state index in [1.807, 2.05) is 26.1 Å². The fourth-order valence-electron chi connectivity index (χ4n) is 1.23. The predicted molar refractivity (Wildman–Crippen MR) is 67.7 cm³/mol. The molecule has 104 valence electrons. The molecule has 0 aliphatic rings. The normalized spacial score (nSPS) is 14.5. The molecule has 0 aromatic carbocycles. The zero-order chi connectivity index (χ0) is 14.5. The number of amides is 4. The average Bonchev–Trinajstić information content (AvgIpc) is 2.13. The van der Waals surface area contributed by atoms with Crippen LogP contribution < -0.4 is 21.7 Å². The molecular formula is C11H22N4O3. The molecule has 0 heterocycles. The second-order valence-electron chi connectivity index (χ2n) is 5.20. The van der Waals surface area contributed by atoms with Gasteiger partial charge in [0.1, 0.15) is 0 Å². The molecule has 0 saturated heterocycles. The monoisotopic (exact) mass is 258 g/mol. The standard InChI is InChI=1S/C11H22N4O3/c1-6(8(16)14-10(12)18)13-7(2)9(17)15-11(3,4)5/h6-7,13H,1-5H3,(H,15,17)(H3,12,14,16,18). The SMILES string of the molecule is CC(NC(C)C(=O)NC(C)(C)C)C(=O)NC(N)=O. The third-order valence-electron chi connectivity index (χ3n) is 2.03. The van der Waals surface area contributed by atoms with Crippen molar-refractivity contribution in [2.45, 2.75) is 52.2 Å². The number of hydrogen-bond donors (Lipinski definition) is 4. The van der Waals surface area contributed by atoms with Crippen LogP contribution in [0.25, 0.3) is 0 Å². The van der Waals surface area contributed by atoms with E-state index in [9.17, 15) is 14.4 Å². The topological polar surface area (TPSA) is 113 Å². The van der Waals surface area contributed by atoms with E-state index >= 15 is 0 Å². The Balaban J connectivity index is 4.30. The van der Waals surface area contributed by atoms with Gasteiger partial charge in [0.25, 0.3) is 0 Å². The molecule has 7 nitrogen and oxygen atoms in total. The molecule has 0 aromatic rings. The summed E-state index contributed by atoms with van der Waals surface area (Å²) in [6.45, 7) is 8.76. The minimum atomic E-state index is -0.916. The number of nitrogens with two attached hydrogens (primary N) is 1. The lowest BCUT2D eigenvalue weighted by Crippen LogP contribution is -2.55. The van der Waals surface area contributed by atoms with Crippen LogP contribution >= 0.6 is 0 Å². The Morgan fingerprint density at radius 2 is 1.44 bits per heavy atom. The molecule has 4 amide bonds. The van der Waals surface area contributed by atoms with Crippen molar-refractivity contribution in [3.05, 3.63) is 0 Å². The van der Waals surface area contributed by atoms with Crippen molar-refractivity contribution in [1.82, 2.24) is 16.0 Å². The second-order valence-corrected chi connectivity index (χ2v) is 5.20. The lowest BCUT2D eigenvalue weighted by Gasteiger charge is -2.25. The van der Waals surface area contributed by atoms with E-state index in [2.05, 4.69) is 10.6 Å². The van der Waals surface area contributed by atoms with Gasteiger partial charge in [-0.1, -0.05) is 0 Å². The Bertz CT molecular complexity index is 336. The third kappa shape index (κ3) is 6.85. The van der Waals surface area contributed by atoms with Crippen molar-refractivity contribution >= 4 is 17.8 Å². The highest BCUT2D eigenvalue weighted by Crippen LogP contribution is 1.99. The largest absolute Gasteiger partial charge is 0.351 e. The van der Waals surface area contributed by atoms with Crippen molar-refractivity contribution in [1.29, 1.82) is 0 Å². The fraction of sp³-hybridized carbons (Fsp3) is 0.727. The average molecular weight is 258 g/mol. The quantitative estimate of drug-likeness (QED) is 0.542. The number of imide groups is 1. The van der Waals surface area contributed by atoms with Gasteiger partial charge in [0.05, 0.1) is 12.1 Å². The van der Waals surface area contributed by atoms with Gasteiger partial charge in [-0.15, -0.1) is 0 Å². The summed E-state index contributed by atoms with van der Waals surface area (Å²) < 4.78 is 0. The van der Waals surface area contributed by atoms with E-state index in [1.54, 1.807) is 13.8 Å². The first kappa shape index (κ1) is 16.4. The van der Waals surface area contributed by atoms with E-state index in [-0.39, 0.29) is 11.4 Å². The molecule has 0 rings (SSSR count). The summed E-state index contributed by atoms with van der Waals surface area (Å²) in [4.78, 5) is 33.6. The molecule has 18 heavy (non-hydrogen) atoms. The fourth-order valence-corrected chi connectivity index (χ4v) is 1.23. The van der Waals surface area contributed by atoms with Crippen LogP contribution in [0.2, 0.25) is 0 Å². The Labute approximate surface area is 107 Å². The highest BCUT2D eigenvalue weighted by atomic mass is 16.2. The maximum atomic E-state index is 11.7. The van der Waals surface area contributed by atoms with Crippen LogP contribution in [0, 0.1) is 0 Å². The number of urea groups is 1. The van der Waals surface area contributed by atoms with E-state index in [4.69, 9.17) is 5.73 Å². The van der Waals surface area contributed by atoms with E-state index in [0.29, 0.717) is 0 Å². The molecular weight excluding hydrogens is 236 g/mol. The zero-order valence-corrected chi connectivity index (χ0v) is 11.5. The molecule has 0 fully saturated rings. The van der Waals surface area contributed by atoms with Crippen LogP contribution in [0.15, 0.2) is 0 Å². The van der Waals surface area contributed by atoms with Gasteiger partial charge in [-0.05, 0) is 34.6 Å². The smallest absolute Gasteiger partial charge is 0.318 e. The Kier molecular flexibility index (Phi) is 5.77. The lowest BCUT2D eigenvalue weighted by atomic mass is 10.1. The maximum Gasteiger partial charge on any atom is 0.318 e.